The number of phosphoric ester groups is 1. The first kappa shape index (κ1) is 19.3. The molecule has 1 saturated carbocycles. The summed E-state index contributed by atoms with van der Waals surface area (Å²) in [5, 5.41) is 10.4. The number of carbonyl (C=O) groups is 1. The van der Waals surface area contributed by atoms with Gasteiger partial charge in [-0.25, -0.2) is 9.36 Å². The van der Waals surface area contributed by atoms with Crippen LogP contribution in [0, 0.1) is 11.8 Å². The van der Waals surface area contributed by atoms with Gasteiger partial charge in [-0.1, -0.05) is 12.2 Å². The Morgan fingerprint density at radius 3 is 2.75 bits per heavy atom. The molecule has 0 aromatic heterocycles. The van der Waals surface area contributed by atoms with E-state index in [0.717, 1.165) is 19.3 Å². The topological polar surface area (TPSA) is 113 Å². The molecule has 1 fully saturated rings. The van der Waals surface area contributed by atoms with Crippen molar-refractivity contribution in [1.82, 2.24) is 0 Å². The fraction of sp³-hybridized carbons (Fsp3) is 0.688. The predicted octanol–water partition coefficient (Wildman–Crippen LogP) is 2.08. The largest absolute Gasteiger partial charge is 0.469 e. The van der Waals surface area contributed by atoms with Crippen molar-refractivity contribution < 1.29 is 33.5 Å². The van der Waals surface area contributed by atoms with Gasteiger partial charge >= 0.3 is 13.8 Å². The van der Waals surface area contributed by atoms with Crippen LogP contribution in [0.4, 0.5) is 0 Å². The van der Waals surface area contributed by atoms with Crippen LogP contribution in [-0.4, -0.2) is 39.2 Å². The van der Waals surface area contributed by atoms with E-state index in [2.05, 4.69) is 0 Å². The van der Waals surface area contributed by atoms with Gasteiger partial charge in [0.15, 0.2) is 0 Å². The van der Waals surface area contributed by atoms with E-state index in [1.807, 2.05) is 19.1 Å². The van der Waals surface area contributed by atoms with Crippen molar-refractivity contribution in [3.05, 3.63) is 24.3 Å². The molecule has 0 amide bonds. The number of phosphoric acid groups is 1. The lowest BCUT2D eigenvalue weighted by Crippen LogP contribution is -2.22. The van der Waals surface area contributed by atoms with E-state index < -0.39 is 26.0 Å². The molecule has 0 spiro atoms. The van der Waals surface area contributed by atoms with Gasteiger partial charge in [-0.2, -0.15) is 0 Å². The van der Waals surface area contributed by atoms with E-state index in [9.17, 15) is 14.5 Å². The molecule has 0 bridgehead atoms. The zero-order valence-electron chi connectivity index (χ0n) is 13.7. The summed E-state index contributed by atoms with van der Waals surface area (Å²) in [7, 11) is -4.56. The SMILES string of the molecule is C[C@H]1CCC/C=C/C2CC(OP(=O)(O)O)C[C@H]2C(O)/C=C/C(=O)O1. The van der Waals surface area contributed by atoms with E-state index >= 15 is 0 Å². The van der Waals surface area contributed by atoms with Crippen molar-refractivity contribution in [3.63, 3.8) is 0 Å². The van der Waals surface area contributed by atoms with Crippen molar-refractivity contribution >= 4 is 13.8 Å². The highest BCUT2D eigenvalue weighted by atomic mass is 31.2. The number of fused-ring (bicyclic) bond motifs is 1. The second-order valence-electron chi connectivity index (χ2n) is 6.47. The summed E-state index contributed by atoms with van der Waals surface area (Å²) >= 11 is 0. The molecular formula is C16H25O7P. The normalized spacial score (nSPS) is 38.2. The average Bonchev–Trinajstić information content (AvgIpc) is 2.84. The van der Waals surface area contributed by atoms with E-state index in [1.54, 1.807) is 0 Å². The Balaban J connectivity index is 2.12. The van der Waals surface area contributed by atoms with Gasteiger partial charge in [-0.3, -0.25) is 4.52 Å². The van der Waals surface area contributed by atoms with Crippen LogP contribution in [0.5, 0.6) is 0 Å². The van der Waals surface area contributed by atoms with Crippen LogP contribution >= 0.6 is 7.82 Å². The Morgan fingerprint density at radius 1 is 1.29 bits per heavy atom. The fourth-order valence-electron chi connectivity index (χ4n) is 3.36. The summed E-state index contributed by atoms with van der Waals surface area (Å²) in [5.41, 5.74) is 0. The number of aliphatic hydroxyl groups is 1. The van der Waals surface area contributed by atoms with Gasteiger partial charge in [-0.05, 0) is 56.9 Å². The Morgan fingerprint density at radius 2 is 2.04 bits per heavy atom. The minimum atomic E-state index is -4.56. The molecule has 5 atom stereocenters. The van der Waals surface area contributed by atoms with Crippen molar-refractivity contribution in [2.75, 3.05) is 0 Å². The lowest BCUT2D eigenvalue weighted by Gasteiger charge is -2.19. The number of hydrogen-bond acceptors (Lipinski definition) is 5. The Bertz CT molecular complexity index is 539. The summed E-state index contributed by atoms with van der Waals surface area (Å²) in [6.45, 7) is 1.84. The fourth-order valence-corrected chi connectivity index (χ4v) is 3.92. The maximum absolute atomic E-state index is 11.7. The number of esters is 1. The summed E-state index contributed by atoms with van der Waals surface area (Å²) in [5.74, 6) is -0.818. The van der Waals surface area contributed by atoms with Gasteiger partial charge in [0.25, 0.3) is 0 Å². The lowest BCUT2D eigenvalue weighted by molar-refractivity contribution is -0.142. The highest BCUT2D eigenvalue weighted by Crippen LogP contribution is 2.46. The number of rotatable bonds is 2. The molecule has 24 heavy (non-hydrogen) atoms. The third-order valence-corrected chi connectivity index (χ3v) is 5.03. The summed E-state index contributed by atoms with van der Waals surface area (Å²) < 4.78 is 21.1. The number of ether oxygens (including phenoxy) is 1. The number of aliphatic hydroxyl groups excluding tert-OH is 1. The van der Waals surface area contributed by atoms with Gasteiger partial charge in [-0.15, -0.1) is 0 Å². The molecule has 136 valence electrons. The molecule has 3 unspecified atom stereocenters. The number of carbonyl (C=O) groups excluding carboxylic acids is 1. The third-order valence-electron chi connectivity index (χ3n) is 4.46. The Kier molecular flexibility index (Phi) is 6.78. The molecule has 3 N–H and O–H groups in total. The number of allylic oxidation sites excluding steroid dienone is 2. The highest BCUT2D eigenvalue weighted by Gasteiger charge is 2.39. The van der Waals surface area contributed by atoms with Gasteiger partial charge in [0, 0.05) is 6.08 Å². The molecule has 0 radical (unpaired) electrons. The maximum atomic E-state index is 11.7. The van der Waals surface area contributed by atoms with Gasteiger partial charge < -0.3 is 19.6 Å². The van der Waals surface area contributed by atoms with E-state index in [4.69, 9.17) is 19.0 Å². The molecule has 2 rings (SSSR count). The van der Waals surface area contributed by atoms with Crippen LogP contribution in [0.2, 0.25) is 0 Å². The van der Waals surface area contributed by atoms with E-state index in [1.165, 1.54) is 12.2 Å². The first-order valence-corrected chi connectivity index (χ1v) is 9.75. The molecule has 8 heteroatoms. The molecule has 0 aromatic rings. The van der Waals surface area contributed by atoms with E-state index in [0.29, 0.717) is 12.8 Å². The quantitative estimate of drug-likeness (QED) is 0.392. The van der Waals surface area contributed by atoms with Crippen LogP contribution in [0.25, 0.3) is 0 Å². The molecule has 1 aliphatic heterocycles. The van der Waals surface area contributed by atoms with Gasteiger partial charge in [0.05, 0.1) is 18.3 Å². The molecule has 1 heterocycles. The lowest BCUT2D eigenvalue weighted by atomic mass is 9.90. The predicted molar refractivity (Wildman–Crippen MR) is 86.8 cm³/mol. The minimum Gasteiger partial charge on any atom is -0.460 e. The number of cyclic esters (lactones) is 1. The Labute approximate surface area is 141 Å². The molecule has 7 nitrogen and oxygen atoms in total. The van der Waals surface area contributed by atoms with Crippen molar-refractivity contribution in [3.8, 4) is 0 Å². The van der Waals surface area contributed by atoms with Crippen LogP contribution < -0.4 is 0 Å². The van der Waals surface area contributed by atoms with Crippen LogP contribution in [0.3, 0.4) is 0 Å². The standard InChI is InChI=1S/C16H25O7P/c1-11-5-3-2-4-6-12-9-13(23-24(19,20)21)10-14(12)15(17)7-8-16(18)22-11/h4,6-8,11-15,17H,2-3,5,9-10H2,1H3,(H2,19,20,21)/b6-4+,8-7+/t11-,12?,13?,14+,15?/m0/s1. The van der Waals surface area contributed by atoms with Gasteiger partial charge in [0.2, 0.25) is 0 Å². The second-order valence-corrected chi connectivity index (χ2v) is 7.67. The van der Waals surface area contributed by atoms with Crippen molar-refractivity contribution in [1.29, 1.82) is 0 Å². The summed E-state index contributed by atoms with van der Waals surface area (Å²) in [6.07, 6.45) is 8.09. The third kappa shape index (κ3) is 6.15. The van der Waals surface area contributed by atoms with E-state index in [-0.39, 0.29) is 17.9 Å². The van der Waals surface area contributed by atoms with Crippen LogP contribution in [-0.2, 0) is 18.6 Å². The summed E-state index contributed by atoms with van der Waals surface area (Å²) in [4.78, 5) is 29.7. The monoisotopic (exact) mass is 360 g/mol. The smallest absolute Gasteiger partial charge is 0.460 e. The second kappa shape index (κ2) is 8.41. The molecule has 0 saturated heterocycles. The summed E-state index contributed by atoms with van der Waals surface area (Å²) in [6, 6.07) is 0. The molecule has 1 aliphatic carbocycles. The molecule has 2 aliphatic rings. The highest BCUT2D eigenvalue weighted by molar-refractivity contribution is 7.46. The Hall–Kier alpha value is -0.980. The van der Waals surface area contributed by atoms with Crippen molar-refractivity contribution in [2.45, 2.75) is 57.3 Å². The zero-order valence-corrected chi connectivity index (χ0v) is 14.5. The first-order valence-electron chi connectivity index (χ1n) is 8.22. The zero-order chi connectivity index (χ0) is 17.7. The van der Waals surface area contributed by atoms with Crippen molar-refractivity contribution in [2.24, 2.45) is 11.8 Å². The average molecular weight is 360 g/mol. The van der Waals surface area contributed by atoms with Gasteiger partial charge in [0.1, 0.15) is 0 Å². The van der Waals surface area contributed by atoms with Crippen LogP contribution in [0.1, 0.15) is 39.0 Å². The first-order chi connectivity index (χ1) is 11.2. The maximum Gasteiger partial charge on any atom is 0.469 e. The van der Waals surface area contributed by atoms with Crippen LogP contribution in [0.15, 0.2) is 24.3 Å². The molecule has 0 aromatic carbocycles. The number of hydrogen-bond donors (Lipinski definition) is 3. The molecular weight excluding hydrogens is 335 g/mol. The minimum absolute atomic E-state index is 0.0598.